The molecule has 3 N–H and O–H groups in total. The molecule has 2 aromatic carbocycles. The number of alkyl carbamates (subject to hydrolysis) is 1. The highest BCUT2D eigenvalue weighted by Gasteiger charge is 2.31. The molecule has 0 saturated carbocycles. The minimum absolute atomic E-state index is 0.0915. The molecule has 0 saturated heterocycles. The first-order valence-corrected chi connectivity index (χ1v) is 15.6. The van der Waals surface area contributed by atoms with Crippen LogP contribution in [0.5, 0.6) is 0 Å². The molecule has 0 unspecified atom stereocenters. The predicted octanol–water partition coefficient (Wildman–Crippen LogP) is 4.63. The Labute approximate surface area is 253 Å². The maximum absolute atomic E-state index is 13.5. The molecule has 2 rings (SSSR count). The van der Waals surface area contributed by atoms with Crippen molar-refractivity contribution >= 4 is 35.6 Å². The molecular weight excluding hydrogens is 554 g/mol. The molecule has 0 radical (unpaired) electrons. The number of rotatable bonds is 15. The van der Waals surface area contributed by atoms with Gasteiger partial charge in [0.15, 0.2) is 0 Å². The lowest BCUT2D eigenvalue weighted by atomic mass is 10.0. The number of carbonyl (C=O) groups excluding carboxylic acids is 4. The van der Waals surface area contributed by atoms with Crippen molar-refractivity contribution in [2.24, 2.45) is 5.92 Å². The summed E-state index contributed by atoms with van der Waals surface area (Å²) in [5.74, 6) is -0.862. The van der Waals surface area contributed by atoms with Gasteiger partial charge in [-0.05, 0) is 62.7 Å². The van der Waals surface area contributed by atoms with Crippen LogP contribution in [0.4, 0.5) is 4.79 Å². The van der Waals surface area contributed by atoms with Crippen molar-refractivity contribution in [2.45, 2.75) is 84.2 Å². The summed E-state index contributed by atoms with van der Waals surface area (Å²) in [6, 6.07) is 15.8. The fourth-order valence-corrected chi connectivity index (χ4v) is 4.54. The third kappa shape index (κ3) is 13.4. The molecule has 0 aromatic heterocycles. The van der Waals surface area contributed by atoms with E-state index in [4.69, 9.17) is 9.47 Å². The average molecular weight is 600 g/mol. The number of carbonyl (C=O) groups is 4. The Balaban J connectivity index is 2.18. The second-order valence-electron chi connectivity index (χ2n) is 11.5. The normalized spacial score (nSPS) is 13.4. The lowest BCUT2D eigenvalue weighted by molar-refractivity contribution is -0.149. The van der Waals surface area contributed by atoms with E-state index in [-0.39, 0.29) is 18.9 Å². The molecular formula is C32H45N3O6S. The Hall–Kier alpha value is -3.53. The summed E-state index contributed by atoms with van der Waals surface area (Å²) < 4.78 is 10.9. The van der Waals surface area contributed by atoms with Crippen LogP contribution in [0.3, 0.4) is 0 Å². The van der Waals surface area contributed by atoms with Crippen molar-refractivity contribution in [1.82, 2.24) is 16.0 Å². The molecule has 0 bridgehead atoms. The Morgan fingerprint density at radius 2 is 1.33 bits per heavy atom. The molecule has 9 nitrogen and oxygen atoms in total. The predicted molar refractivity (Wildman–Crippen MR) is 166 cm³/mol. The van der Waals surface area contributed by atoms with Gasteiger partial charge in [-0.3, -0.25) is 9.59 Å². The summed E-state index contributed by atoms with van der Waals surface area (Å²) in [6.07, 6.45) is 2.07. The number of benzene rings is 2. The minimum atomic E-state index is -0.992. The van der Waals surface area contributed by atoms with Gasteiger partial charge in [0.2, 0.25) is 11.8 Å². The van der Waals surface area contributed by atoms with Crippen molar-refractivity contribution in [3.05, 3.63) is 71.8 Å². The monoisotopic (exact) mass is 599 g/mol. The average Bonchev–Trinajstić information content (AvgIpc) is 2.93. The maximum atomic E-state index is 13.5. The zero-order chi connectivity index (χ0) is 31.1. The van der Waals surface area contributed by atoms with E-state index in [1.54, 1.807) is 20.8 Å². The van der Waals surface area contributed by atoms with E-state index >= 15 is 0 Å². The van der Waals surface area contributed by atoms with Crippen LogP contribution in [0.25, 0.3) is 0 Å². The first-order valence-electron chi connectivity index (χ1n) is 14.2. The molecule has 10 heteroatoms. The van der Waals surface area contributed by atoms with Crippen LogP contribution in [0.2, 0.25) is 0 Å². The van der Waals surface area contributed by atoms with Crippen LogP contribution in [0.1, 0.15) is 58.6 Å². The summed E-state index contributed by atoms with van der Waals surface area (Å²) in [5.41, 5.74) is 0.920. The Bertz CT molecular complexity index is 1140. The van der Waals surface area contributed by atoms with Crippen molar-refractivity contribution < 1.29 is 28.7 Å². The van der Waals surface area contributed by atoms with E-state index < -0.39 is 47.6 Å². The van der Waals surface area contributed by atoms with E-state index in [0.29, 0.717) is 18.6 Å². The SMILES string of the molecule is CSCC[C@H](NC(=O)[C@H](Cc1ccccc1)NC(=O)OC(C)(C)C)C(=O)N[C@@H](CC(C)C)C(=O)OCc1ccccc1. The van der Waals surface area contributed by atoms with Gasteiger partial charge in [-0.2, -0.15) is 11.8 Å². The highest BCUT2D eigenvalue weighted by Crippen LogP contribution is 2.12. The summed E-state index contributed by atoms with van der Waals surface area (Å²) >= 11 is 1.53. The second kappa shape index (κ2) is 17.4. The first-order chi connectivity index (χ1) is 19.9. The Morgan fingerprint density at radius 3 is 1.88 bits per heavy atom. The summed E-state index contributed by atoms with van der Waals surface area (Å²) in [7, 11) is 0. The van der Waals surface area contributed by atoms with Crippen LogP contribution in [-0.2, 0) is 36.9 Å². The molecule has 230 valence electrons. The van der Waals surface area contributed by atoms with Gasteiger partial charge in [-0.25, -0.2) is 9.59 Å². The van der Waals surface area contributed by atoms with Crippen LogP contribution in [0, 0.1) is 5.92 Å². The van der Waals surface area contributed by atoms with Gasteiger partial charge in [0.25, 0.3) is 0 Å². The lowest BCUT2D eigenvalue weighted by Gasteiger charge is -2.26. The van der Waals surface area contributed by atoms with E-state index in [9.17, 15) is 19.2 Å². The summed E-state index contributed by atoms with van der Waals surface area (Å²) in [5, 5.41) is 8.27. The highest BCUT2D eigenvalue weighted by atomic mass is 32.2. The van der Waals surface area contributed by atoms with Gasteiger partial charge in [-0.15, -0.1) is 0 Å². The fraction of sp³-hybridized carbons (Fsp3) is 0.500. The molecule has 0 aliphatic rings. The smallest absolute Gasteiger partial charge is 0.408 e. The van der Waals surface area contributed by atoms with Gasteiger partial charge >= 0.3 is 12.1 Å². The van der Waals surface area contributed by atoms with Crippen molar-refractivity contribution in [3.8, 4) is 0 Å². The van der Waals surface area contributed by atoms with E-state index in [1.807, 2.05) is 80.8 Å². The van der Waals surface area contributed by atoms with Crippen molar-refractivity contribution in [3.63, 3.8) is 0 Å². The van der Waals surface area contributed by atoms with Gasteiger partial charge in [-0.1, -0.05) is 74.5 Å². The Kier molecular flexibility index (Phi) is 14.4. The minimum Gasteiger partial charge on any atom is -0.459 e. The number of esters is 1. The van der Waals surface area contributed by atoms with E-state index in [2.05, 4.69) is 16.0 Å². The second-order valence-corrected chi connectivity index (χ2v) is 12.5. The largest absolute Gasteiger partial charge is 0.459 e. The molecule has 42 heavy (non-hydrogen) atoms. The van der Waals surface area contributed by atoms with E-state index in [0.717, 1.165) is 11.1 Å². The summed E-state index contributed by atoms with van der Waals surface area (Å²) in [6.45, 7) is 9.20. The Morgan fingerprint density at radius 1 is 0.786 bits per heavy atom. The zero-order valence-electron chi connectivity index (χ0n) is 25.5. The van der Waals surface area contributed by atoms with Gasteiger partial charge in [0.05, 0.1) is 0 Å². The zero-order valence-corrected chi connectivity index (χ0v) is 26.3. The highest BCUT2D eigenvalue weighted by molar-refractivity contribution is 7.98. The molecule has 0 fully saturated rings. The molecule has 0 heterocycles. The molecule has 0 aliphatic carbocycles. The third-order valence-electron chi connectivity index (χ3n) is 6.07. The van der Waals surface area contributed by atoms with Crippen molar-refractivity contribution in [1.29, 1.82) is 0 Å². The van der Waals surface area contributed by atoms with Crippen LogP contribution >= 0.6 is 11.8 Å². The molecule has 0 aliphatic heterocycles. The fourth-order valence-electron chi connectivity index (χ4n) is 4.07. The summed E-state index contributed by atoms with van der Waals surface area (Å²) in [4.78, 5) is 52.6. The quantitative estimate of drug-likeness (QED) is 0.255. The number of ether oxygens (including phenoxy) is 2. The van der Waals surface area contributed by atoms with Crippen LogP contribution < -0.4 is 16.0 Å². The van der Waals surface area contributed by atoms with Gasteiger partial charge in [0.1, 0.15) is 30.3 Å². The standard InChI is InChI=1S/C32H45N3O6S/c1-22(2)19-27(30(38)40-21-24-15-11-8-12-16-24)34-28(36)25(17-18-42-6)33-29(37)26(20-23-13-9-7-10-14-23)35-31(39)41-32(3,4)5/h7-16,22,25-27H,17-21H2,1-6H3,(H,33,37)(H,34,36)(H,35,39)/t25-,26-,27-/m0/s1. The number of thioether (sulfide) groups is 1. The van der Waals surface area contributed by atoms with E-state index in [1.165, 1.54) is 11.8 Å². The number of hydrogen-bond acceptors (Lipinski definition) is 7. The van der Waals surface area contributed by atoms with Gasteiger partial charge < -0.3 is 25.4 Å². The topological polar surface area (TPSA) is 123 Å². The van der Waals surface area contributed by atoms with Gasteiger partial charge in [0, 0.05) is 6.42 Å². The van der Waals surface area contributed by atoms with Crippen LogP contribution in [0.15, 0.2) is 60.7 Å². The molecule has 0 spiro atoms. The van der Waals surface area contributed by atoms with Crippen molar-refractivity contribution in [2.75, 3.05) is 12.0 Å². The lowest BCUT2D eigenvalue weighted by Crippen LogP contribution is -2.56. The molecule has 2 aromatic rings. The van der Waals surface area contributed by atoms with Crippen LogP contribution in [-0.4, -0.2) is 59.6 Å². The number of nitrogens with one attached hydrogen (secondary N) is 3. The molecule has 3 amide bonds. The maximum Gasteiger partial charge on any atom is 0.408 e. The number of amides is 3. The first kappa shape index (κ1) is 34.7. The number of hydrogen-bond donors (Lipinski definition) is 3. The third-order valence-corrected chi connectivity index (χ3v) is 6.71. The molecule has 3 atom stereocenters.